The van der Waals surface area contributed by atoms with Crippen LogP contribution in [0.4, 0.5) is 21.5 Å². The zero-order valence-electron chi connectivity index (χ0n) is 19.6. The molecule has 1 aliphatic rings. The zero-order chi connectivity index (χ0) is 24.9. The van der Waals surface area contributed by atoms with E-state index in [-0.39, 0.29) is 17.2 Å². The Morgan fingerprint density at radius 1 is 1.20 bits per heavy atom. The van der Waals surface area contributed by atoms with Crippen LogP contribution in [0.25, 0.3) is 0 Å². The molecule has 1 saturated carbocycles. The number of halogens is 2. The number of hydrogen-bond acceptors (Lipinski definition) is 5. The van der Waals surface area contributed by atoms with Crippen molar-refractivity contribution < 1.29 is 14.0 Å². The summed E-state index contributed by atoms with van der Waals surface area (Å²) < 4.78 is 16.1. The van der Waals surface area contributed by atoms with Crippen LogP contribution in [0, 0.1) is 18.7 Å². The van der Waals surface area contributed by atoms with Gasteiger partial charge in [-0.25, -0.2) is 4.39 Å². The van der Waals surface area contributed by atoms with Crippen molar-refractivity contribution in [3.05, 3.63) is 65.0 Å². The SMILES string of the molecule is Cc1cc(Nc2cc(C(=O)N[C@@H](CC3CCCC3)C(=O)Nc3cnn(C)c3)ccc2F)c(Cl)cn1. The van der Waals surface area contributed by atoms with Crippen LogP contribution in [0.15, 0.2) is 42.9 Å². The quantitative estimate of drug-likeness (QED) is 0.407. The highest BCUT2D eigenvalue weighted by molar-refractivity contribution is 6.33. The highest BCUT2D eigenvalue weighted by Crippen LogP contribution is 2.30. The predicted molar refractivity (Wildman–Crippen MR) is 133 cm³/mol. The third-order valence-electron chi connectivity index (χ3n) is 6.13. The molecule has 3 N–H and O–H groups in total. The van der Waals surface area contributed by atoms with E-state index >= 15 is 0 Å². The number of pyridine rings is 1. The second kappa shape index (κ2) is 10.9. The van der Waals surface area contributed by atoms with Gasteiger partial charge in [0.15, 0.2) is 0 Å². The third-order valence-corrected chi connectivity index (χ3v) is 6.43. The number of carbonyl (C=O) groups is 2. The summed E-state index contributed by atoms with van der Waals surface area (Å²) in [5.41, 5.74) is 2.06. The van der Waals surface area contributed by atoms with E-state index in [0.717, 1.165) is 25.7 Å². The maximum atomic E-state index is 14.5. The van der Waals surface area contributed by atoms with Crippen LogP contribution in [0.3, 0.4) is 0 Å². The molecule has 2 aromatic heterocycles. The number of anilines is 3. The molecule has 1 atom stereocenters. The first-order chi connectivity index (χ1) is 16.8. The fourth-order valence-corrected chi connectivity index (χ4v) is 4.46. The summed E-state index contributed by atoms with van der Waals surface area (Å²) in [5, 5.41) is 13.0. The number of aromatic nitrogens is 3. The first-order valence-corrected chi connectivity index (χ1v) is 12.0. The average Bonchev–Trinajstić information content (AvgIpc) is 3.48. The van der Waals surface area contributed by atoms with E-state index < -0.39 is 17.8 Å². The number of hydrogen-bond donors (Lipinski definition) is 3. The fourth-order valence-electron chi connectivity index (χ4n) is 4.31. The molecule has 0 radical (unpaired) electrons. The Morgan fingerprint density at radius 3 is 2.69 bits per heavy atom. The van der Waals surface area contributed by atoms with Gasteiger partial charge in [-0.3, -0.25) is 19.3 Å². The lowest BCUT2D eigenvalue weighted by molar-refractivity contribution is -0.118. The summed E-state index contributed by atoms with van der Waals surface area (Å²) in [6.07, 6.45) is 9.57. The second-order valence-electron chi connectivity index (χ2n) is 8.93. The summed E-state index contributed by atoms with van der Waals surface area (Å²) in [6, 6.07) is 4.96. The van der Waals surface area contributed by atoms with Gasteiger partial charge in [-0.15, -0.1) is 0 Å². The van der Waals surface area contributed by atoms with E-state index in [1.54, 1.807) is 37.1 Å². The van der Waals surface area contributed by atoms with E-state index in [1.165, 1.54) is 24.4 Å². The molecule has 8 nitrogen and oxygen atoms in total. The molecule has 4 rings (SSSR count). The number of amides is 2. The maximum absolute atomic E-state index is 14.5. The molecule has 0 unspecified atom stereocenters. The summed E-state index contributed by atoms with van der Waals surface area (Å²) in [6.45, 7) is 1.79. The Bertz CT molecular complexity index is 1220. The number of carbonyl (C=O) groups excluding carboxylic acids is 2. The van der Waals surface area contributed by atoms with Gasteiger partial charge in [0.25, 0.3) is 5.91 Å². The lowest BCUT2D eigenvalue weighted by Gasteiger charge is -2.21. The summed E-state index contributed by atoms with van der Waals surface area (Å²) in [7, 11) is 1.76. The molecule has 35 heavy (non-hydrogen) atoms. The van der Waals surface area contributed by atoms with Crippen LogP contribution in [0.2, 0.25) is 5.02 Å². The molecular weight excluding hydrogens is 471 g/mol. The first-order valence-electron chi connectivity index (χ1n) is 11.6. The minimum atomic E-state index is -0.732. The fraction of sp³-hybridized carbons (Fsp3) is 0.360. The van der Waals surface area contributed by atoms with E-state index in [1.807, 2.05) is 0 Å². The number of benzene rings is 1. The zero-order valence-corrected chi connectivity index (χ0v) is 20.4. The third kappa shape index (κ3) is 6.36. The van der Waals surface area contributed by atoms with Crippen LogP contribution in [0.1, 0.15) is 48.2 Å². The van der Waals surface area contributed by atoms with Crippen LogP contribution in [0.5, 0.6) is 0 Å². The molecule has 0 bridgehead atoms. The van der Waals surface area contributed by atoms with Crippen molar-refractivity contribution in [1.29, 1.82) is 0 Å². The predicted octanol–water partition coefficient (Wildman–Crippen LogP) is 4.98. The smallest absolute Gasteiger partial charge is 0.252 e. The summed E-state index contributed by atoms with van der Waals surface area (Å²) in [4.78, 5) is 30.3. The molecule has 1 fully saturated rings. The van der Waals surface area contributed by atoms with E-state index in [0.29, 0.717) is 34.4 Å². The van der Waals surface area contributed by atoms with Gasteiger partial charge in [0.2, 0.25) is 5.91 Å². The van der Waals surface area contributed by atoms with Crippen LogP contribution in [-0.2, 0) is 11.8 Å². The van der Waals surface area contributed by atoms with Gasteiger partial charge in [0.1, 0.15) is 11.9 Å². The van der Waals surface area contributed by atoms with Crippen molar-refractivity contribution in [2.75, 3.05) is 10.6 Å². The van der Waals surface area contributed by atoms with Crippen LogP contribution < -0.4 is 16.0 Å². The van der Waals surface area contributed by atoms with Gasteiger partial charge < -0.3 is 16.0 Å². The van der Waals surface area contributed by atoms with E-state index in [4.69, 9.17) is 11.6 Å². The minimum Gasteiger partial charge on any atom is -0.352 e. The van der Waals surface area contributed by atoms with E-state index in [2.05, 4.69) is 26.0 Å². The van der Waals surface area contributed by atoms with Gasteiger partial charge in [-0.2, -0.15) is 5.10 Å². The Balaban J connectivity index is 1.51. The van der Waals surface area contributed by atoms with Crippen molar-refractivity contribution in [3.8, 4) is 0 Å². The molecule has 10 heteroatoms. The largest absolute Gasteiger partial charge is 0.352 e. The summed E-state index contributed by atoms with van der Waals surface area (Å²) >= 11 is 6.18. The molecule has 1 aromatic carbocycles. The van der Waals surface area contributed by atoms with Crippen molar-refractivity contribution in [2.45, 2.75) is 45.1 Å². The molecule has 2 amide bonds. The minimum absolute atomic E-state index is 0.0947. The number of nitrogens with zero attached hydrogens (tertiary/aromatic N) is 3. The number of aryl methyl sites for hydroxylation is 2. The highest BCUT2D eigenvalue weighted by Gasteiger charge is 2.27. The number of rotatable bonds is 8. The van der Waals surface area contributed by atoms with Crippen LogP contribution >= 0.6 is 11.6 Å². The van der Waals surface area contributed by atoms with Gasteiger partial charge in [0.05, 0.1) is 28.3 Å². The summed E-state index contributed by atoms with van der Waals surface area (Å²) in [5.74, 6) is -0.946. The molecule has 0 saturated heterocycles. The van der Waals surface area contributed by atoms with Gasteiger partial charge in [0, 0.05) is 30.7 Å². The maximum Gasteiger partial charge on any atom is 0.252 e. The Labute approximate surface area is 208 Å². The normalized spacial score (nSPS) is 14.5. The number of nitrogens with one attached hydrogen (secondary N) is 3. The van der Waals surface area contributed by atoms with Gasteiger partial charge in [-0.05, 0) is 43.5 Å². The van der Waals surface area contributed by atoms with Gasteiger partial charge >= 0.3 is 0 Å². The molecule has 1 aliphatic carbocycles. The topological polar surface area (TPSA) is 101 Å². The molecule has 184 valence electrons. The van der Waals surface area contributed by atoms with Crippen LogP contribution in [-0.4, -0.2) is 32.6 Å². The van der Waals surface area contributed by atoms with Crippen molar-refractivity contribution in [3.63, 3.8) is 0 Å². The lowest BCUT2D eigenvalue weighted by Crippen LogP contribution is -2.44. The van der Waals surface area contributed by atoms with Gasteiger partial charge in [-0.1, -0.05) is 37.3 Å². The molecule has 0 spiro atoms. The first kappa shape index (κ1) is 24.7. The lowest BCUT2D eigenvalue weighted by atomic mass is 9.97. The molecule has 3 aromatic rings. The Kier molecular flexibility index (Phi) is 7.65. The molecule has 2 heterocycles. The highest BCUT2D eigenvalue weighted by atomic mass is 35.5. The average molecular weight is 499 g/mol. The standard InChI is InChI=1S/C25H28ClFN6O2/c1-15-9-21(19(26)13-28-15)31-22-11-17(7-8-20(22)27)24(34)32-23(10-16-5-3-4-6-16)25(35)30-18-12-29-33(2)14-18/h7-9,11-14,16,23H,3-6,10H2,1-2H3,(H,28,31)(H,30,35)(H,32,34)/t23-/m0/s1. The second-order valence-corrected chi connectivity index (χ2v) is 9.34. The van der Waals surface area contributed by atoms with E-state index in [9.17, 15) is 14.0 Å². The molecule has 0 aliphatic heterocycles. The van der Waals surface area contributed by atoms with Crippen molar-refractivity contribution in [2.24, 2.45) is 13.0 Å². The Hall–Kier alpha value is -3.46. The Morgan fingerprint density at radius 2 is 1.97 bits per heavy atom. The van der Waals surface area contributed by atoms with Crippen molar-refractivity contribution in [1.82, 2.24) is 20.1 Å². The van der Waals surface area contributed by atoms with Crippen molar-refractivity contribution >= 4 is 40.5 Å². The molecular formula is C25H28ClFN6O2. The monoisotopic (exact) mass is 498 g/mol.